The number of rotatable bonds is 6. The smallest absolute Gasteiger partial charge is 0.0928 e. The highest BCUT2D eigenvalue weighted by Crippen LogP contribution is 2.22. The summed E-state index contributed by atoms with van der Waals surface area (Å²) >= 11 is 1.79. The zero-order valence-corrected chi connectivity index (χ0v) is 12.2. The van der Waals surface area contributed by atoms with E-state index >= 15 is 0 Å². The fraction of sp³-hybridized carbons (Fsp3) is 0.786. The van der Waals surface area contributed by atoms with Crippen LogP contribution in [0.3, 0.4) is 0 Å². The Bertz CT molecular complexity index is 364. The quantitative estimate of drug-likeness (QED) is 0.862. The van der Waals surface area contributed by atoms with Gasteiger partial charge in [-0.3, -0.25) is 4.90 Å². The summed E-state index contributed by atoms with van der Waals surface area (Å²) in [4.78, 5) is 7.11. The van der Waals surface area contributed by atoms with Gasteiger partial charge in [-0.2, -0.15) is 0 Å². The molecule has 0 aliphatic carbocycles. The summed E-state index contributed by atoms with van der Waals surface area (Å²) in [5, 5.41) is 13.1. The van der Waals surface area contributed by atoms with E-state index in [9.17, 15) is 5.11 Å². The molecule has 0 saturated carbocycles. The Morgan fingerprint density at radius 3 is 3.11 bits per heavy atom. The lowest BCUT2D eigenvalue weighted by atomic mass is 10.0. The number of likely N-dealkylation sites (tertiary alicyclic amines) is 1. The largest absolute Gasteiger partial charge is 0.393 e. The minimum Gasteiger partial charge on any atom is -0.393 e. The fourth-order valence-electron chi connectivity index (χ4n) is 2.49. The zero-order valence-electron chi connectivity index (χ0n) is 11.4. The Morgan fingerprint density at radius 2 is 2.44 bits per heavy atom. The summed E-state index contributed by atoms with van der Waals surface area (Å²) < 4.78 is 0. The van der Waals surface area contributed by atoms with Gasteiger partial charge in [0, 0.05) is 18.5 Å². The van der Waals surface area contributed by atoms with Crippen LogP contribution in [-0.4, -0.2) is 34.2 Å². The Kier molecular flexibility index (Phi) is 5.15. The maximum Gasteiger partial charge on any atom is 0.0928 e. The highest BCUT2D eigenvalue weighted by molar-refractivity contribution is 7.09. The standard InChI is InChI=1S/C14H24N2OS/c1-3-4-5-14-15-13(10-18-14)9-16-7-6-12(8-16)11(2)17/h10-12,17H,3-9H2,1-2H3. The number of aliphatic hydroxyl groups is 1. The van der Waals surface area contributed by atoms with Gasteiger partial charge in [0.2, 0.25) is 0 Å². The predicted octanol–water partition coefficient (Wildman–Crippen LogP) is 2.69. The van der Waals surface area contributed by atoms with Crippen molar-refractivity contribution in [2.24, 2.45) is 5.92 Å². The lowest BCUT2D eigenvalue weighted by Gasteiger charge is -2.16. The van der Waals surface area contributed by atoms with Gasteiger partial charge in [-0.15, -0.1) is 11.3 Å². The van der Waals surface area contributed by atoms with E-state index in [4.69, 9.17) is 4.98 Å². The van der Waals surface area contributed by atoms with Crippen molar-refractivity contribution in [1.82, 2.24) is 9.88 Å². The fourth-order valence-corrected chi connectivity index (χ4v) is 3.32. The first-order valence-electron chi connectivity index (χ1n) is 7.02. The number of nitrogens with zero attached hydrogens (tertiary/aromatic N) is 2. The van der Waals surface area contributed by atoms with Gasteiger partial charge >= 0.3 is 0 Å². The third-order valence-electron chi connectivity index (χ3n) is 3.72. The molecule has 1 aliphatic rings. The molecular weight excluding hydrogens is 244 g/mol. The van der Waals surface area contributed by atoms with Crippen LogP contribution in [0.25, 0.3) is 0 Å². The number of aromatic nitrogens is 1. The predicted molar refractivity (Wildman–Crippen MR) is 75.8 cm³/mol. The molecule has 3 nitrogen and oxygen atoms in total. The summed E-state index contributed by atoms with van der Waals surface area (Å²) in [7, 11) is 0. The van der Waals surface area contributed by atoms with Crippen molar-refractivity contribution in [3.63, 3.8) is 0 Å². The van der Waals surface area contributed by atoms with Gasteiger partial charge in [0.1, 0.15) is 0 Å². The molecule has 0 bridgehead atoms. The van der Waals surface area contributed by atoms with Crippen molar-refractivity contribution >= 4 is 11.3 Å². The Labute approximate surface area is 114 Å². The van der Waals surface area contributed by atoms with E-state index in [-0.39, 0.29) is 6.10 Å². The number of thiazole rings is 1. The third-order valence-corrected chi connectivity index (χ3v) is 4.68. The maximum atomic E-state index is 9.60. The van der Waals surface area contributed by atoms with Crippen LogP contribution < -0.4 is 0 Å². The van der Waals surface area contributed by atoms with Crippen molar-refractivity contribution < 1.29 is 5.11 Å². The molecule has 18 heavy (non-hydrogen) atoms. The normalized spacial score (nSPS) is 22.5. The van der Waals surface area contributed by atoms with Gasteiger partial charge in [-0.1, -0.05) is 13.3 Å². The molecule has 1 N–H and O–H groups in total. The van der Waals surface area contributed by atoms with Crippen LogP contribution in [0, 0.1) is 5.92 Å². The first-order chi connectivity index (χ1) is 8.69. The van der Waals surface area contributed by atoms with Crippen LogP contribution in [0.2, 0.25) is 0 Å². The minimum absolute atomic E-state index is 0.175. The van der Waals surface area contributed by atoms with E-state index in [1.54, 1.807) is 11.3 Å². The number of hydrogen-bond acceptors (Lipinski definition) is 4. The van der Waals surface area contributed by atoms with Gasteiger partial charge in [0.25, 0.3) is 0 Å². The maximum absolute atomic E-state index is 9.60. The van der Waals surface area contributed by atoms with E-state index in [2.05, 4.69) is 17.2 Å². The Hall–Kier alpha value is -0.450. The molecular formula is C14H24N2OS. The van der Waals surface area contributed by atoms with Crippen molar-refractivity contribution in [1.29, 1.82) is 0 Å². The lowest BCUT2D eigenvalue weighted by molar-refractivity contribution is 0.127. The van der Waals surface area contributed by atoms with E-state index in [0.29, 0.717) is 5.92 Å². The summed E-state index contributed by atoms with van der Waals surface area (Å²) in [5.41, 5.74) is 1.21. The topological polar surface area (TPSA) is 36.4 Å². The highest BCUT2D eigenvalue weighted by Gasteiger charge is 2.26. The molecule has 102 valence electrons. The van der Waals surface area contributed by atoms with Gasteiger partial charge in [-0.25, -0.2) is 4.98 Å². The van der Waals surface area contributed by atoms with Crippen molar-refractivity contribution in [2.45, 2.75) is 52.2 Å². The molecule has 2 heterocycles. The number of aryl methyl sites for hydroxylation is 1. The van der Waals surface area contributed by atoms with Crippen molar-refractivity contribution in [3.05, 3.63) is 16.1 Å². The molecule has 2 unspecified atom stereocenters. The second-order valence-corrected chi connectivity index (χ2v) is 6.30. The van der Waals surface area contributed by atoms with Crippen LogP contribution in [0.4, 0.5) is 0 Å². The first-order valence-corrected chi connectivity index (χ1v) is 7.90. The van der Waals surface area contributed by atoms with Crippen molar-refractivity contribution in [2.75, 3.05) is 13.1 Å². The lowest BCUT2D eigenvalue weighted by Crippen LogP contribution is -2.24. The second-order valence-electron chi connectivity index (χ2n) is 5.36. The zero-order chi connectivity index (χ0) is 13.0. The summed E-state index contributed by atoms with van der Waals surface area (Å²) in [6, 6.07) is 0. The number of aliphatic hydroxyl groups excluding tert-OH is 1. The van der Waals surface area contributed by atoms with Crippen LogP contribution in [-0.2, 0) is 13.0 Å². The van der Waals surface area contributed by atoms with E-state index in [1.807, 2.05) is 6.92 Å². The van der Waals surface area contributed by atoms with Gasteiger partial charge in [-0.05, 0) is 38.6 Å². The summed E-state index contributed by atoms with van der Waals surface area (Å²) in [6.07, 6.45) is 4.53. The molecule has 0 spiro atoms. The van der Waals surface area contributed by atoms with Gasteiger partial charge in [0.05, 0.1) is 16.8 Å². The van der Waals surface area contributed by atoms with E-state index in [0.717, 1.165) is 32.5 Å². The molecule has 1 fully saturated rings. The van der Waals surface area contributed by atoms with Crippen LogP contribution in [0.15, 0.2) is 5.38 Å². The molecule has 1 aliphatic heterocycles. The van der Waals surface area contributed by atoms with Gasteiger partial charge < -0.3 is 5.11 Å². The molecule has 2 atom stereocenters. The third kappa shape index (κ3) is 3.77. The Balaban J connectivity index is 1.81. The van der Waals surface area contributed by atoms with E-state index < -0.39 is 0 Å². The summed E-state index contributed by atoms with van der Waals surface area (Å²) in [5.74, 6) is 0.447. The molecule has 1 aromatic heterocycles. The highest BCUT2D eigenvalue weighted by atomic mass is 32.1. The van der Waals surface area contributed by atoms with E-state index in [1.165, 1.54) is 23.5 Å². The molecule has 0 aromatic carbocycles. The number of hydrogen-bond donors (Lipinski definition) is 1. The monoisotopic (exact) mass is 268 g/mol. The minimum atomic E-state index is -0.175. The molecule has 0 radical (unpaired) electrons. The second kappa shape index (κ2) is 6.64. The molecule has 1 aromatic rings. The van der Waals surface area contributed by atoms with Crippen LogP contribution in [0.5, 0.6) is 0 Å². The molecule has 0 amide bonds. The Morgan fingerprint density at radius 1 is 1.61 bits per heavy atom. The number of unbranched alkanes of at least 4 members (excludes halogenated alkanes) is 1. The molecule has 2 rings (SSSR count). The molecule has 1 saturated heterocycles. The van der Waals surface area contributed by atoms with Gasteiger partial charge in [0.15, 0.2) is 0 Å². The summed E-state index contributed by atoms with van der Waals surface area (Å²) in [6.45, 7) is 7.18. The average Bonchev–Trinajstić information content (AvgIpc) is 2.96. The average molecular weight is 268 g/mol. The van der Waals surface area contributed by atoms with Crippen LogP contribution >= 0.6 is 11.3 Å². The SMILES string of the molecule is CCCCc1nc(CN2CCC(C(C)O)C2)cs1. The van der Waals surface area contributed by atoms with Crippen LogP contribution in [0.1, 0.15) is 43.8 Å². The van der Waals surface area contributed by atoms with Crippen molar-refractivity contribution in [3.8, 4) is 0 Å². The molecule has 4 heteroatoms. The first kappa shape index (κ1) is 14.0.